The number of sulfonamides is 1. The molecule has 1 atom stereocenters. The van der Waals surface area contributed by atoms with Crippen molar-refractivity contribution in [2.24, 2.45) is 5.92 Å². The van der Waals surface area contributed by atoms with Crippen molar-refractivity contribution in [3.05, 3.63) is 36.7 Å². The Labute approximate surface area is 125 Å². The van der Waals surface area contributed by atoms with Crippen LogP contribution >= 0.6 is 0 Å². The van der Waals surface area contributed by atoms with Crippen molar-refractivity contribution in [1.29, 1.82) is 0 Å². The van der Waals surface area contributed by atoms with Gasteiger partial charge in [-0.05, 0) is 30.9 Å². The number of hydrogen-bond donors (Lipinski definition) is 2. The largest absolute Gasteiger partial charge is 0.396 e. The van der Waals surface area contributed by atoms with Gasteiger partial charge in [-0.3, -0.25) is 4.98 Å². The highest BCUT2D eigenvalue weighted by Gasteiger charge is 2.16. The summed E-state index contributed by atoms with van der Waals surface area (Å²) in [7, 11) is -3.53. The Balaban J connectivity index is 2.11. The molecule has 1 unspecified atom stereocenters. The van der Waals surface area contributed by atoms with Gasteiger partial charge in [0.2, 0.25) is 10.0 Å². The van der Waals surface area contributed by atoms with Crippen LogP contribution in [-0.2, 0) is 10.0 Å². The highest BCUT2D eigenvalue weighted by Crippen LogP contribution is 2.21. The van der Waals surface area contributed by atoms with Gasteiger partial charge < -0.3 is 5.11 Å². The van der Waals surface area contributed by atoms with Gasteiger partial charge in [0.15, 0.2) is 0 Å². The Kier molecular flexibility index (Phi) is 5.27. The lowest BCUT2D eigenvalue weighted by Crippen LogP contribution is -2.25. The average molecular weight is 308 g/mol. The van der Waals surface area contributed by atoms with Crippen LogP contribution in [0.4, 0.5) is 0 Å². The fraction of sp³-hybridized carbons (Fsp3) is 0.400. The summed E-state index contributed by atoms with van der Waals surface area (Å²) in [6.07, 6.45) is 4.73. The Morgan fingerprint density at radius 2 is 2.14 bits per heavy atom. The monoisotopic (exact) mass is 308 g/mol. The number of fused-ring (bicyclic) bond motifs is 1. The lowest BCUT2D eigenvalue weighted by molar-refractivity contribution is 0.228. The number of nitrogens with zero attached hydrogens (tertiary/aromatic N) is 1. The Morgan fingerprint density at radius 1 is 1.33 bits per heavy atom. The van der Waals surface area contributed by atoms with Gasteiger partial charge in [0, 0.05) is 36.3 Å². The number of pyridine rings is 1. The minimum absolute atomic E-state index is 0.128. The molecule has 0 amide bonds. The zero-order valence-electron chi connectivity index (χ0n) is 12.0. The van der Waals surface area contributed by atoms with Crippen LogP contribution in [-0.4, -0.2) is 31.7 Å². The molecule has 1 aromatic carbocycles. The van der Waals surface area contributed by atoms with Crippen LogP contribution in [0.1, 0.15) is 19.8 Å². The molecular formula is C15H20N2O3S. The first-order chi connectivity index (χ1) is 10.0. The van der Waals surface area contributed by atoms with Crippen molar-refractivity contribution in [1.82, 2.24) is 9.71 Å². The first kappa shape index (κ1) is 15.9. The van der Waals surface area contributed by atoms with E-state index in [9.17, 15) is 8.42 Å². The van der Waals surface area contributed by atoms with Gasteiger partial charge in [0.1, 0.15) is 0 Å². The van der Waals surface area contributed by atoms with Crippen LogP contribution in [0, 0.1) is 5.92 Å². The van der Waals surface area contributed by atoms with Crippen LogP contribution in [0.3, 0.4) is 0 Å². The molecule has 0 aliphatic rings. The number of nitrogens with one attached hydrogen (secondary N) is 1. The molecule has 0 fully saturated rings. The van der Waals surface area contributed by atoms with E-state index in [0.29, 0.717) is 18.4 Å². The second-order valence-corrected chi connectivity index (χ2v) is 6.92. The molecule has 114 valence electrons. The van der Waals surface area contributed by atoms with Crippen molar-refractivity contribution < 1.29 is 13.5 Å². The molecule has 0 aliphatic carbocycles. The van der Waals surface area contributed by atoms with E-state index in [1.54, 1.807) is 30.6 Å². The van der Waals surface area contributed by atoms with Gasteiger partial charge in [-0.15, -0.1) is 0 Å². The maximum Gasteiger partial charge on any atom is 0.241 e. The quantitative estimate of drug-likeness (QED) is 0.766. The Hall–Kier alpha value is -1.50. The highest BCUT2D eigenvalue weighted by molar-refractivity contribution is 7.89. The van der Waals surface area contributed by atoms with E-state index in [1.807, 2.05) is 13.0 Å². The van der Waals surface area contributed by atoms with Gasteiger partial charge in [0.25, 0.3) is 0 Å². The van der Waals surface area contributed by atoms with Crippen molar-refractivity contribution >= 4 is 20.8 Å². The first-order valence-electron chi connectivity index (χ1n) is 6.98. The molecule has 0 spiro atoms. The second-order valence-electron chi connectivity index (χ2n) is 5.18. The van der Waals surface area contributed by atoms with Crippen LogP contribution in [0.2, 0.25) is 0 Å². The maximum absolute atomic E-state index is 12.4. The summed E-state index contributed by atoms with van der Waals surface area (Å²) in [6, 6.07) is 6.86. The molecule has 2 aromatic rings. The SMILES string of the molecule is CC(CO)CCCNS(=O)(=O)c1cccc2cnccc12. The molecule has 1 aromatic heterocycles. The lowest BCUT2D eigenvalue weighted by atomic mass is 10.1. The molecule has 0 aliphatic heterocycles. The zero-order chi connectivity index (χ0) is 15.3. The molecule has 6 heteroatoms. The third kappa shape index (κ3) is 4.00. The van der Waals surface area contributed by atoms with Crippen molar-refractivity contribution in [3.8, 4) is 0 Å². The van der Waals surface area contributed by atoms with Gasteiger partial charge in [0.05, 0.1) is 4.90 Å². The minimum Gasteiger partial charge on any atom is -0.396 e. The molecule has 0 radical (unpaired) electrons. The van der Waals surface area contributed by atoms with Crippen LogP contribution in [0.25, 0.3) is 10.8 Å². The number of aliphatic hydroxyl groups excluding tert-OH is 1. The fourth-order valence-electron chi connectivity index (χ4n) is 2.15. The third-order valence-electron chi connectivity index (χ3n) is 3.41. The Bertz CT molecular complexity index is 696. The smallest absolute Gasteiger partial charge is 0.241 e. The summed E-state index contributed by atoms with van der Waals surface area (Å²) in [5.74, 6) is 0.193. The van der Waals surface area contributed by atoms with E-state index in [1.165, 1.54) is 0 Å². The molecular weight excluding hydrogens is 288 g/mol. The molecule has 2 N–H and O–H groups in total. The molecule has 1 heterocycles. The standard InChI is InChI=1S/C15H20N2O3S/c1-12(11-18)4-3-8-17-21(19,20)15-6-2-5-13-10-16-9-7-14(13)15/h2,5-7,9-10,12,17-18H,3-4,8,11H2,1H3. The molecule has 0 saturated carbocycles. The number of aliphatic hydroxyl groups is 1. The predicted octanol–water partition coefficient (Wildman–Crippen LogP) is 1.92. The average Bonchev–Trinajstić information content (AvgIpc) is 2.50. The van der Waals surface area contributed by atoms with E-state index in [4.69, 9.17) is 5.11 Å². The van der Waals surface area contributed by atoms with Crippen molar-refractivity contribution in [2.45, 2.75) is 24.7 Å². The maximum atomic E-state index is 12.4. The molecule has 0 saturated heterocycles. The third-order valence-corrected chi connectivity index (χ3v) is 4.93. The van der Waals surface area contributed by atoms with Crippen molar-refractivity contribution in [3.63, 3.8) is 0 Å². The van der Waals surface area contributed by atoms with E-state index < -0.39 is 10.0 Å². The number of hydrogen-bond acceptors (Lipinski definition) is 4. The topological polar surface area (TPSA) is 79.3 Å². The van der Waals surface area contributed by atoms with Crippen molar-refractivity contribution in [2.75, 3.05) is 13.2 Å². The van der Waals surface area contributed by atoms with E-state index in [0.717, 1.165) is 11.8 Å². The Morgan fingerprint density at radius 3 is 2.90 bits per heavy atom. The lowest BCUT2D eigenvalue weighted by Gasteiger charge is -2.10. The number of aromatic nitrogens is 1. The second kappa shape index (κ2) is 6.98. The van der Waals surface area contributed by atoms with Gasteiger partial charge in [-0.2, -0.15) is 0 Å². The highest BCUT2D eigenvalue weighted by atomic mass is 32.2. The summed E-state index contributed by atoms with van der Waals surface area (Å²) in [5.41, 5.74) is 0. The van der Waals surface area contributed by atoms with E-state index >= 15 is 0 Å². The number of rotatable bonds is 7. The molecule has 5 nitrogen and oxygen atoms in total. The zero-order valence-corrected chi connectivity index (χ0v) is 12.8. The van der Waals surface area contributed by atoms with E-state index in [-0.39, 0.29) is 17.4 Å². The summed E-state index contributed by atoms with van der Waals surface area (Å²) >= 11 is 0. The predicted molar refractivity (Wildman–Crippen MR) is 82.4 cm³/mol. The minimum atomic E-state index is -3.53. The normalized spacial score (nSPS) is 13.4. The van der Waals surface area contributed by atoms with Gasteiger partial charge in [-0.25, -0.2) is 13.1 Å². The fourth-order valence-corrected chi connectivity index (χ4v) is 3.45. The van der Waals surface area contributed by atoms with Crippen LogP contribution < -0.4 is 4.72 Å². The number of benzene rings is 1. The molecule has 21 heavy (non-hydrogen) atoms. The summed E-state index contributed by atoms with van der Waals surface area (Å²) in [5, 5.41) is 10.4. The molecule has 0 bridgehead atoms. The first-order valence-corrected chi connectivity index (χ1v) is 8.46. The summed E-state index contributed by atoms with van der Waals surface area (Å²) in [6.45, 7) is 2.43. The summed E-state index contributed by atoms with van der Waals surface area (Å²) in [4.78, 5) is 4.28. The van der Waals surface area contributed by atoms with Gasteiger partial charge in [-0.1, -0.05) is 19.1 Å². The summed E-state index contributed by atoms with van der Waals surface area (Å²) < 4.78 is 27.4. The van der Waals surface area contributed by atoms with Crippen LogP contribution in [0.15, 0.2) is 41.6 Å². The van der Waals surface area contributed by atoms with Crippen LogP contribution in [0.5, 0.6) is 0 Å². The molecule has 2 rings (SSSR count). The van der Waals surface area contributed by atoms with E-state index in [2.05, 4.69) is 9.71 Å². The van der Waals surface area contributed by atoms with Gasteiger partial charge >= 0.3 is 0 Å².